The van der Waals surface area contributed by atoms with Gasteiger partial charge in [-0.3, -0.25) is 10.2 Å². The first kappa shape index (κ1) is 15.1. The first-order chi connectivity index (χ1) is 10.6. The molecule has 1 atom stereocenters. The molecule has 1 amide bonds. The van der Waals surface area contributed by atoms with Gasteiger partial charge in [0.25, 0.3) is 0 Å². The van der Waals surface area contributed by atoms with Crippen molar-refractivity contribution in [2.24, 2.45) is 0 Å². The largest absolute Gasteiger partial charge is 0.423 e. The minimum atomic E-state index is -0.330. The predicted molar refractivity (Wildman–Crippen MR) is 90.3 cm³/mol. The number of rotatable bonds is 3. The number of hydrogen-bond acceptors (Lipinski definition) is 5. The molecule has 6 nitrogen and oxygen atoms in total. The highest BCUT2D eigenvalue weighted by atomic mass is 32.1. The van der Waals surface area contributed by atoms with Crippen LogP contribution in [0.3, 0.4) is 0 Å². The highest BCUT2D eigenvalue weighted by Crippen LogP contribution is 2.26. The molecule has 0 radical (unpaired) electrons. The van der Waals surface area contributed by atoms with E-state index in [1.807, 2.05) is 38.2 Å². The third-order valence-electron chi connectivity index (χ3n) is 4.11. The van der Waals surface area contributed by atoms with Crippen LogP contribution in [0.1, 0.15) is 6.92 Å². The van der Waals surface area contributed by atoms with E-state index in [9.17, 15) is 4.79 Å². The molecule has 1 unspecified atom stereocenters. The number of carbonyl (C=O) groups is 1. The van der Waals surface area contributed by atoms with Crippen molar-refractivity contribution < 1.29 is 9.53 Å². The summed E-state index contributed by atoms with van der Waals surface area (Å²) in [5, 5.41) is 3.30. The number of ether oxygens (including phenoxy) is 1. The zero-order valence-corrected chi connectivity index (χ0v) is 13.6. The highest BCUT2D eigenvalue weighted by Gasteiger charge is 2.35. The zero-order chi connectivity index (χ0) is 15.7. The van der Waals surface area contributed by atoms with Crippen LogP contribution in [0, 0.1) is 0 Å². The van der Waals surface area contributed by atoms with E-state index in [4.69, 9.17) is 17.0 Å². The number of hydrogen-bond donors (Lipinski definition) is 1. The van der Waals surface area contributed by atoms with Crippen molar-refractivity contribution in [2.75, 3.05) is 43.2 Å². The summed E-state index contributed by atoms with van der Waals surface area (Å²) in [5.41, 5.74) is 2.00. The topological polar surface area (TPSA) is 48.0 Å². The second-order valence-corrected chi connectivity index (χ2v) is 6.11. The molecule has 7 heteroatoms. The molecule has 0 bridgehead atoms. The van der Waals surface area contributed by atoms with Crippen LogP contribution in [-0.2, 0) is 4.74 Å². The van der Waals surface area contributed by atoms with Crippen LogP contribution in [0.15, 0.2) is 24.3 Å². The maximum Gasteiger partial charge on any atom is 0.416 e. The van der Waals surface area contributed by atoms with Crippen LogP contribution in [0.4, 0.5) is 16.2 Å². The molecule has 2 saturated heterocycles. The summed E-state index contributed by atoms with van der Waals surface area (Å²) < 4.78 is 5.39. The lowest BCUT2D eigenvalue weighted by Gasteiger charge is -2.23. The van der Waals surface area contributed by atoms with Gasteiger partial charge in [-0.15, -0.1) is 0 Å². The van der Waals surface area contributed by atoms with Crippen LogP contribution in [0.25, 0.3) is 0 Å². The zero-order valence-electron chi connectivity index (χ0n) is 12.8. The van der Waals surface area contributed by atoms with E-state index in [0.29, 0.717) is 11.5 Å². The third kappa shape index (κ3) is 2.86. The SMILES string of the molecule is CC(=S)N(C)C1CN(c2ccc(N3CCNC3)cc2)C(=O)O1. The molecule has 2 fully saturated rings. The Morgan fingerprint density at radius 1 is 1.36 bits per heavy atom. The van der Waals surface area contributed by atoms with E-state index < -0.39 is 0 Å². The predicted octanol–water partition coefficient (Wildman–Crippen LogP) is 1.62. The molecule has 1 N–H and O–H groups in total. The summed E-state index contributed by atoms with van der Waals surface area (Å²) in [7, 11) is 1.84. The Morgan fingerprint density at radius 3 is 2.64 bits per heavy atom. The third-order valence-corrected chi connectivity index (χ3v) is 4.40. The molecule has 1 aromatic carbocycles. The van der Waals surface area contributed by atoms with Crippen LogP contribution in [0.5, 0.6) is 0 Å². The van der Waals surface area contributed by atoms with Crippen LogP contribution in [-0.4, -0.2) is 55.6 Å². The fourth-order valence-corrected chi connectivity index (χ4v) is 2.75. The summed E-state index contributed by atoms with van der Waals surface area (Å²) in [5.74, 6) is 0. The summed E-state index contributed by atoms with van der Waals surface area (Å²) >= 11 is 5.13. The van der Waals surface area contributed by atoms with Gasteiger partial charge in [0.1, 0.15) is 0 Å². The minimum absolute atomic E-state index is 0.326. The number of nitrogens with one attached hydrogen (secondary N) is 1. The quantitative estimate of drug-likeness (QED) is 0.854. The molecule has 22 heavy (non-hydrogen) atoms. The molecule has 0 aliphatic carbocycles. The molecule has 0 saturated carbocycles. The van der Waals surface area contributed by atoms with Gasteiger partial charge < -0.3 is 14.5 Å². The molecule has 0 spiro atoms. The number of nitrogens with zero attached hydrogens (tertiary/aromatic N) is 3. The fraction of sp³-hybridized carbons (Fsp3) is 0.467. The van der Waals surface area contributed by atoms with Gasteiger partial charge in [0.15, 0.2) is 6.23 Å². The van der Waals surface area contributed by atoms with Gasteiger partial charge in [-0.2, -0.15) is 0 Å². The summed E-state index contributed by atoms with van der Waals surface area (Å²) in [4.78, 5) is 18.5. The van der Waals surface area contributed by atoms with Gasteiger partial charge in [0.2, 0.25) is 0 Å². The van der Waals surface area contributed by atoms with E-state index in [0.717, 1.165) is 31.1 Å². The number of amides is 1. The smallest absolute Gasteiger partial charge is 0.416 e. The standard InChI is InChI=1S/C15H20N4O2S/c1-11(22)17(2)14-9-19(15(20)21-14)13-5-3-12(4-6-13)18-8-7-16-10-18/h3-6,14,16H,7-10H2,1-2H3. The average molecular weight is 320 g/mol. The lowest BCUT2D eigenvalue weighted by atomic mass is 10.2. The maximum atomic E-state index is 12.1. The molecule has 2 aliphatic rings. The lowest BCUT2D eigenvalue weighted by molar-refractivity contribution is 0.0793. The molecular weight excluding hydrogens is 300 g/mol. The van der Waals surface area contributed by atoms with Gasteiger partial charge in [0, 0.05) is 31.5 Å². The Hall–Kier alpha value is -1.86. The number of cyclic esters (lactones) is 1. The monoisotopic (exact) mass is 320 g/mol. The van der Waals surface area contributed by atoms with E-state index in [-0.39, 0.29) is 12.3 Å². The van der Waals surface area contributed by atoms with Crippen LogP contribution in [0.2, 0.25) is 0 Å². The Kier molecular flexibility index (Phi) is 4.17. The van der Waals surface area contributed by atoms with Gasteiger partial charge in [0.05, 0.1) is 18.2 Å². The Balaban J connectivity index is 1.71. The lowest BCUT2D eigenvalue weighted by Crippen LogP contribution is -2.37. The number of thiocarbonyl (C=S) groups is 1. The van der Waals surface area contributed by atoms with Crippen molar-refractivity contribution in [3.05, 3.63) is 24.3 Å². The Morgan fingerprint density at radius 2 is 2.05 bits per heavy atom. The summed E-state index contributed by atoms with van der Waals surface area (Å²) in [6, 6.07) is 8.00. The van der Waals surface area contributed by atoms with E-state index in [1.54, 1.807) is 9.80 Å². The average Bonchev–Trinajstić information content (AvgIpc) is 3.16. The fourth-order valence-electron chi connectivity index (χ4n) is 2.63. The number of benzene rings is 1. The van der Waals surface area contributed by atoms with Gasteiger partial charge >= 0.3 is 6.09 Å². The molecule has 2 heterocycles. The van der Waals surface area contributed by atoms with Gasteiger partial charge in [-0.1, -0.05) is 12.2 Å². The first-order valence-electron chi connectivity index (χ1n) is 7.33. The summed E-state index contributed by atoms with van der Waals surface area (Å²) in [6.45, 7) is 5.18. The van der Waals surface area contributed by atoms with E-state index in [1.165, 1.54) is 0 Å². The normalized spacial score (nSPS) is 21.2. The van der Waals surface area contributed by atoms with Crippen molar-refractivity contribution in [2.45, 2.75) is 13.2 Å². The molecule has 0 aromatic heterocycles. The van der Waals surface area contributed by atoms with Crippen molar-refractivity contribution in [1.82, 2.24) is 10.2 Å². The minimum Gasteiger partial charge on any atom is -0.423 e. The Labute approximate surface area is 135 Å². The first-order valence-corrected chi connectivity index (χ1v) is 7.74. The summed E-state index contributed by atoms with van der Waals surface area (Å²) in [6.07, 6.45) is -0.656. The maximum absolute atomic E-state index is 12.1. The second kappa shape index (κ2) is 6.10. The second-order valence-electron chi connectivity index (χ2n) is 5.52. The van der Waals surface area contributed by atoms with Gasteiger partial charge in [-0.05, 0) is 31.2 Å². The number of anilines is 2. The van der Waals surface area contributed by atoms with Crippen molar-refractivity contribution >= 4 is 34.7 Å². The van der Waals surface area contributed by atoms with E-state index >= 15 is 0 Å². The molecule has 1 aromatic rings. The number of carbonyl (C=O) groups excluding carboxylic acids is 1. The molecular formula is C15H20N4O2S. The van der Waals surface area contributed by atoms with Crippen molar-refractivity contribution in [3.8, 4) is 0 Å². The molecule has 3 rings (SSSR count). The van der Waals surface area contributed by atoms with Gasteiger partial charge in [-0.25, -0.2) is 4.79 Å². The van der Waals surface area contributed by atoms with Crippen LogP contribution >= 0.6 is 12.2 Å². The number of likely N-dealkylation sites (N-methyl/N-ethyl adjacent to an activating group) is 1. The van der Waals surface area contributed by atoms with Crippen LogP contribution < -0.4 is 15.1 Å². The highest BCUT2D eigenvalue weighted by molar-refractivity contribution is 7.80. The van der Waals surface area contributed by atoms with E-state index in [2.05, 4.69) is 10.2 Å². The molecule has 118 valence electrons. The van der Waals surface area contributed by atoms with Crippen molar-refractivity contribution in [3.63, 3.8) is 0 Å². The molecule has 2 aliphatic heterocycles. The Bertz CT molecular complexity index is 571. The van der Waals surface area contributed by atoms with Crippen molar-refractivity contribution in [1.29, 1.82) is 0 Å².